The largest absolute Gasteiger partial charge is 0.307 e. The lowest BCUT2D eigenvalue weighted by atomic mass is 11.3. The van der Waals surface area contributed by atoms with Crippen molar-refractivity contribution in [3.63, 3.8) is 0 Å². The molecule has 1 unspecified atom stereocenters. The third-order valence-electron chi connectivity index (χ3n) is 0.268. The molecule has 0 aromatic carbocycles. The Morgan fingerprint density at radius 3 is 2.50 bits per heavy atom. The summed E-state index contributed by atoms with van der Waals surface area (Å²) in [5, 5.41) is 2.52. The Bertz CT molecular complexity index is 55.5. The van der Waals surface area contributed by atoms with E-state index in [1.54, 1.807) is 7.05 Å². The molecular weight excluding hydrogens is 102 g/mol. The molecule has 0 radical (unpaired) electrons. The average molecular weight is 109 g/mol. The highest BCUT2D eigenvalue weighted by Gasteiger charge is 1.81. The van der Waals surface area contributed by atoms with Crippen molar-refractivity contribution in [3.8, 4) is 0 Å². The van der Waals surface area contributed by atoms with E-state index in [9.17, 15) is 4.21 Å². The highest BCUT2D eigenvalue weighted by molar-refractivity contribution is 7.79. The summed E-state index contributed by atoms with van der Waals surface area (Å²) in [6.45, 7) is 0. The first-order valence-corrected chi connectivity index (χ1v) is 2.77. The smallest absolute Gasteiger partial charge is 0.167 e. The van der Waals surface area contributed by atoms with Crippen LogP contribution in [-0.2, 0) is 11.1 Å². The normalized spacial score (nSPS) is 14.3. The first-order valence-electron chi connectivity index (χ1n) is 1.49. The van der Waals surface area contributed by atoms with E-state index < -0.39 is 11.1 Å². The van der Waals surface area contributed by atoms with Gasteiger partial charge in [-0.25, -0.2) is 4.21 Å². The van der Waals surface area contributed by atoms with E-state index in [0.717, 1.165) is 0 Å². The van der Waals surface area contributed by atoms with Crippen molar-refractivity contribution in [2.45, 2.75) is 0 Å². The van der Waals surface area contributed by atoms with Gasteiger partial charge in [0.2, 0.25) is 0 Å². The van der Waals surface area contributed by atoms with Crippen LogP contribution in [0, 0.1) is 0 Å². The molecule has 0 heterocycles. The molecular formula is C2H7NO2S. The second-order valence-electron chi connectivity index (χ2n) is 0.819. The lowest BCUT2D eigenvalue weighted by molar-refractivity contribution is 0.560. The zero-order valence-electron chi connectivity index (χ0n) is 3.47. The standard InChI is InChI=1S/C2H7NO2S/c1-3-2-6(4)5/h3H,2H2,1H3,(H,4,5). The molecule has 0 bridgehead atoms. The fourth-order valence-corrected chi connectivity index (χ4v) is 0.370. The summed E-state index contributed by atoms with van der Waals surface area (Å²) in [4.78, 5) is 0. The van der Waals surface area contributed by atoms with Crippen molar-refractivity contribution >= 4 is 11.1 Å². The zero-order valence-corrected chi connectivity index (χ0v) is 4.29. The average Bonchev–Trinajstić information content (AvgIpc) is 1.35. The number of nitrogens with one attached hydrogen (secondary N) is 1. The monoisotopic (exact) mass is 109 g/mol. The molecule has 0 saturated heterocycles. The van der Waals surface area contributed by atoms with E-state index in [-0.39, 0.29) is 5.88 Å². The molecule has 0 fully saturated rings. The van der Waals surface area contributed by atoms with Crippen molar-refractivity contribution in [1.82, 2.24) is 5.32 Å². The van der Waals surface area contributed by atoms with Crippen LogP contribution in [0.5, 0.6) is 0 Å². The van der Waals surface area contributed by atoms with Crippen LogP contribution in [0.25, 0.3) is 0 Å². The Morgan fingerprint density at radius 1 is 2.00 bits per heavy atom. The number of hydrogen-bond acceptors (Lipinski definition) is 2. The summed E-state index contributed by atoms with van der Waals surface area (Å²) in [5.74, 6) is 0.153. The maximum absolute atomic E-state index is 9.65. The second-order valence-corrected chi connectivity index (χ2v) is 1.75. The number of hydrogen-bond donors (Lipinski definition) is 2. The Morgan fingerprint density at radius 2 is 2.50 bits per heavy atom. The Balaban J connectivity index is 2.83. The Labute approximate surface area is 39.0 Å². The molecule has 0 amide bonds. The van der Waals surface area contributed by atoms with Gasteiger partial charge >= 0.3 is 0 Å². The topological polar surface area (TPSA) is 49.3 Å². The van der Waals surface area contributed by atoms with Gasteiger partial charge in [0.1, 0.15) is 0 Å². The highest BCUT2D eigenvalue weighted by atomic mass is 32.2. The van der Waals surface area contributed by atoms with Crippen LogP contribution in [0.2, 0.25) is 0 Å². The van der Waals surface area contributed by atoms with E-state index in [4.69, 9.17) is 4.55 Å². The zero-order chi connectivity index (χ0) is 4.99. The molecule has 2 N–H and O–H groups in total. The van der Waals surface area contributed by atoms with Gasteiger partial charge in [-0.1, -0.05) is 0 Å². The molecule has 38 valence electrons. The van der Waals surface area contributed by atoms with Crippen LogP contribution < -0.4 is 5.32 Å². The van der Waals surface area contributed by atoms with Crippen molar-refractivity contribution in [2.75, 3.05) is 12.9 Å². The van der Waals surface area contributed by atoms with E-state index in [1.165, 1.54) is 0 Å². The maximum atomic E-state index is 9.65. The van der Waals surface area contributed by atoms with E-state index in [2.05, 4.69) is 5.32 Å². The van der Waals surface area contributed by atoms with Crippen LogP contribution in [0.15, 0.2) is 0 Å². The van der Waals surface area contributed by atoms with E-state index in [0.29, 0.717) is 0 Å². The molecule has 0 saturated carbocycles. The van der Waals surface area contributed by atoms with Gasteiger partial charge in [-0.3, -0.25) is 0 Å². The minimum Gasteiger partial charge on any atom is -0.307 e. The second kappa shape index (κ2) is 3.27. The van der Waals surface area contributed by atoms with Crippen molar-refractivity contribution < 1.29 is 8.76 Å². The maximum Gasteiger partial charge on any atom is 0.167 e. The fraction of sp³-hybridized carbons (Fsp3) is 1.00. The number of rotatable bonds is 2. The molecule has 0 aromatic rings. The molecule has 1 atom stereocenters. The molecule has 0 aromatic heterocycles. The third kappa shape index (κ3) is 4.07. The fourth-order valence-electron chi connectivity index (χ4n) is 0.123. The summed E-state index contributed by atoms with van der Waals surface area (Å²) in [6.07, 6.45) is 0. The lowest BCUT2D eigenvalue weighted by Crippen LogP contribution is -2.11. The van der Waals surface area contributed by atoms with Crippen LogP contribution in [-0.4, -0.2) is 21.7 Å². The summed E-state index contributed by atoms with van der Waals surface area (Å²) >= 11 is -1.68. The van der Waals surface area contributed by atoms with Gasteiger partial charge in [0.05, 0.1) is 5.88 Å². The van der Waals surface area contributed by atoms with Crippen molar-refractivity contribution in [1.29, 1.82) is 0 Å². The minimum atomic E-state index is -1.68. The lowest BCUT2D eigenvalue weighted by Gasteiger charge is -1.85. The molecule has 6 heavy (non-hydrogen) atoms. The summed E-state index contributed by atoms with van der Waals surface area (Å²) in [5.41, 5.74) is 0. The quantitative estimate of drug-likeness (QED) is 0.465. The molecule has 3 nitrogen and oxygen atoms in total. The van der Waals surface area contributed by atoms with E-state index in [1.807, 2.05) is 0 Å². The van der Waals surface area contributed by atoms with Gasteiger partial charge in [-0.05, 0) is 7.05 Å². The molecule has 0 rings (SSSR count). The summed E-state index contributed by atoms with van der Waals surface area (Å²) < 4.78 is 17.6. The Hall–Kier alpha value is 0.0700. The van der Waals surface area contributed by atoms with E-state index >= 15 is 0 Å². The summed E-state index contributed by atoms with van der Waals surface area (Å²) in [7, 11) is 1.62. The first kappa shape index (κ1) is 6.07. The van der Waals surface area contributed by atoms with Gasteiger partial charge in [-0.2, -0.15) is 0 Å². The van der Waals surface area contributed by atoms with Crippen LogP contribution in [0.1, 0.15) is 0 Å². The van der Waals surface area contributed by atoms with Gasteiger partial charge in [0, 0.05) is 0 Å². The van der Waals surface area contributed by atoms with Crippen molar-refractivity contribution in [2.24, 2.45) is 0 Å². The molecule has 4 heteroatoms. The van der Waals surface area contributed by atoms with Gasteiger partial charge < -0.3 is 9.87 Å². The van der Waals surface area contributed by atoms with Crippen LogP contribution in [0.3, 0.4) is 0 Å². The molecule has 0 spiro atoms. The SMILES string of the molecule is CNCS(=O)O. The predicted molar refractivity (Wildman–Crippen MR) is 24.7 cm³/mol. The van der Waals surface area contributed by atoms with Gasteiger partial charge in [0.25, 0.3) is 0 Å². The van der Waals surface area contributed by atoms with Crippen molar-refractivity contribution in [3.05, 3.63) is 0 Å². The minimum absolute atomic E-state index is 0.153. The van der Waals surface area contributed by atoms with Crippen LogP contribution in [0.4, 0.5) is 0 Å². The van der Waals surface area contributed by atoms with Gasteiger partial charge in [0.15, 0.2) is 11.1 Å². The third-order valence-corrected chi connectivity index (χ3v) is 0.803. The highest BCUT2D eigenvalue weighted by Crippen LogP contribution is 1.60. The first-order chi connectivity index (χ1) is 2.77. The molecule has 0 aliphatic heterocycles. The summed E-state index contributed by atoms with van der Waals surface area (Å²) in [6, 6.07) is 0. The van der Waals surface area contributed by atoms with Gasteiger partial charge in [-0.15, -0.1) is 0 Å². The molecule has 0 aliphatic carbocycles. The van der Waals surface area contributed by atoms with Crippen LogP contribution >= 0.6 is 0 Å². The predicted octanol–water partition coefficient (Wildman–Crippen LogP) is -0.615. The molecule has 0 aliphatic rings. The Kier molecular flexibility index (Phi) is 3.31.